The Bertz CT molecular complexity index is 710. The van der Waals surface area contributed by atoms with Crippen LogP contribution >= 0.6 is 24.0 Å². The number of likely N-dealkylation sites (tertiary alicyclic amines) is 1. The van der Waals surface area contributed by atoms with Crippen molar-refractivity contribution in [1.82, 2.24) is 10.2 Å². The molecule has 0 saturated carbocycles. The van der Waals surface area contributed by atoms with Crippen LogP contribution in [0.1, 0.15) is 19.3 Å². The summed E-state index contributed by atoms with van der Waals surface area (Å²) in [7, 11) is -1.65. The lowest BCUT2D eigenvalue weighted by atomic mass is 9.95. The van der Waals surface area contributed by atoms with Gasteiger partial charge in [0.1, 0.15) is 0 Å². The lowest BCUT2D eigenvalue weighted by Gasteiger charge is -2.34. The number of hydrogen-bond acceptors (Lipinski definition) is 4. The molecule has 1 aliphatic heterocycles. The van der Waals surface area contributed by atoms with Gasteiger partial charge in [0, 0.05) is 33.1 Å². The Labute approximate surface area is 172 Å². The van der Waals surface area contributed by atoms with Gasteiger partial charge in [-0.3, -0.25) is 9.79 Å². The molecule has 1 atom stereocenters. The summed E-state index contributed by atoms with van der Waals surface area (Å²) < 4.78 is 24.6. The second-order valence-corrected chi connectivity index (χ2v) is 8.34. The van der Waals surface area contributed by atoms with Gasteiger partial charge in [0.2, 0.25) is 5.91 Å². The van der Waals surface area contributed by atoms with Gasteiger partial charge in [-0.2, -0.15) is 0 Å². The van der Waals surface area contributed by atoms with E-state index in [4.69, 9.17) is 5.73 Å². The first-order valence-corrected chi connectivity index (χ1v) is 10.1. The molecule has 2 rings (SSSR count). The maximum Gasteiger partial charge on any atom is 0.217 e. The molecule has 9 heteroatoms. The number of nitrogens with two attached hydrogens (primary N) is 1. The molecule has 1 aromatic carbocycles. The van der Waals surface area contributed by atoms with Gasteiger partial charge < -0.3 is 16.0 Å². The van der Waals surface area contributed by atoms with Crippen molar-refractivity contribution in [3.8, 4) is 0 Å². The number of amides is 1. The van der Waals surface area contributed by atoms with Crippen molar-refractivity contribution in [2.45, 2.75) is 24.2 Å². The highest BCUT2D eigenvalue weighted by molar-refractivity contribution is 14.0. The van der Waals surface area contributed by atoms with Gasteiger partial charge >= 0.3 is 0 Å². The van der Waals surface area contributed by atoms with Crippen LogP contribution < -0.4 is 11.1 Å². The van der Waals surface area contributed by atoms with E-state index >= 15 is 0 Å². The third-order valence-electron chi connectivity index (χ3n) is 4.28. The minimum absolute atomic E-state index is 0. The molecule has 1 heterocycles. The number of primary amides is 1. The maximum atomic E-state index is 12.3. The lowest BCUT2D eigenvalue weighted by molar-refractivity contribution is -0.119. The Morgan fingerprint density at radius 3 is 2.65 bits per heavy atom. The van der Waals surface area contributed by atoms with Gasteiger partial charge in [-0.25, -0.2) is 8.42 Å². The second kappa shape index (κ2) is 10.7. The number of halogens is 1. The van der Waals surface area contributed by atoms with E-state index in [1.165, 1.54) is 0 Å². The normalized spacial score (nSPS) is 18.1. The van der Waals surface area contributed by atoms with Crippen LogP contribution in [0.2, 0.25) is 0 Å². The summed E-state index contributed by atoms with van der Waals surface area (Å²) in [6.45, 7) is 1.81. The number of nitrogens with one attached hydrogen (secondary N) is 1. The van der Waals surface area contributed by atoms with Gasteiger partial charge in [-0.05, 0) is 30.9 Å². The predicted molar refractivity (Wildman–Crippen MR) is 113 cm³/mol. The van der Waals surface area contributed by atoms with E-state index in [0.29, 0.717) is 23.8 Å². The molecule has 1 saturated heterocycles. The van der Waals surface area contributed by atoms with E-state index in [0.717, 1.165) is 19.4 Å². The van der Waals surface area contributed by atoms with Crippen LogP contribution in [0.25, 0.3) is 0 Å². The molecular formula is C17H27IN4O3S. The topological polar surface area (TPSA) is 105 Å². The Morgan fingerprint density at radius 2 is 2.04 bits per heavy atom. The SMILES string of the molecule is CN=C(NCCS(=O)(=O)c1ccccc1)N1CCCC(CC(N)=O)C1.I. The Balaban J connectivity index is 0.00000338. The molecule has 1 aliphatic rings. The molecule has 146 valence electrons. The number of nitrogens with zero attached hydrogens (tertiary/aromatic N) is 2. The van der Waals surface area contributed by atoms with Crippen molar-refractivity contribution < 1.29 is 13.2 Å². The van der Waals surface area contributed by atoms with E-state index in [-0.39, 0.29) is 48.1 Å². The first-order valence-electron chi connectivity index (χ1n) is 8.44. The summed E-state index contributed by atoms with van der Waals surface area (Å²) in [4.78, 5) is 17.7. The zero-order chi connectivity index (χ0) is 18.3. The molecule has 1 unspecified atom stereocenters. The largest absolute Gasteiger partial charge is 0.370 e. The van der Waals surface area contributed by atoms with Crippen LogP contribution in [0.15, 0.2) is 40.2 Å². The van der Waals surface area contributed by atoms with Crippen LogP contribution in [0, 0.1) is 5.92 Å². The minimum Gasteiger partial charge on any atom is -0.370 e. The van der Waals surface area contributed by atoms with Crippen molar-refractivity contribution >= 4 is 45.7 Å². The fraction of sp³-hybridized carbons (Fsp3) is 0.529. The molecule has 0 aliphatic carbocycles. The highest BCUT2D eigenvalue weighted by Gasteiger charge is 2.23. The van der Waals surface area contributed by atoms with Crippen molar-refractivity contribution in [3.05, 3.63) is 30.3 Å². The third kappa shape index (κ3) is 6.75. The zero-order valence-electron chi connectivity index (χ0n) is 14.9. The fourth-order valence-corrected chi connectivity index (χ4v) is 4.26. The Morgan fingerprint density at radius 1 is 1.35 bits per heavy atom. The molecule has 0 spiro atoms. The number of aliphatic imine (C=N–C) groups is 1. The van der Waals surface area contributed by atoms with Crippen LogP contribution in [0.3, 0.4) is 0 Å². The number of rotatable bonds is 6. The molecule has 0 radical (unpaired) electrons. The first kappa shape index (κ1) is 22.7. The van der Waals surface area contributed by atoms with Crippen LogP contribution in [0.5, 0.6) is 0 Å². The summed E-state index contributed by atoms with van der Waals surface area (Å²) in [5.41, 5.74) is 5.29. The molecule has 26 heavy (non-hydrogen) atoms. The smallest absolute Gasteiger partial charge is 0.217 e. The number of sulfone groups is 1. The van der Waals surface area contributed by atoms with Gasteiger partial charge in [0.05, 0.1) is 10.6 Å². The Kier molecular flexibility index (Phi) is 9.34. The van der Waals surface area contributed by atoms with Gasteiger partial charge in [0.15, 0.2) is 15.8 Å². The highest BCUT2D eigenvalue weighted by Crippen LogP contribution is 2.19. The van der Waals surface area contributed by atoms with Crippen LogP contribution in [-0.4, -0.2) is 57.6 Å². The number of carbonyl (C=O) groups excluding carboxylic acids is 1. The number of hydrogen-bond donors (Lipinski definition) is 2. The summed E-state index contributed by atoms with van der Waals surface area (Å²) in [5, 5.41) is 3.12. The van der Waals surface area contributed by atoms with Gasteiger partial charge in [-0.15, -0.1) is 24.0 Å². The molecule has 1 aromatic rings. The second-order valence-electron chi connectivity index (χ2n) is 6.23. The zero-order valence-corrected chi connectivity index (χ0v) is 18.1. The summed E-state index contributed by atoms with van der Waals surface area (Å²) in [6, 6.07) is 8.42. The van der Waals surface area contributed by atoms with E-state index in [1.54, 1.807) is 37.4 Å². The lowest BCUT2D eigenvalue weighted by Crippen LogP contribution is -2.48. The minimum atomic E-state index is -3.32. The average molecular weight is 494 g/mol. The van der Waals surface area contributed by atoms with E-state index in [1.807, 2.05) is 0 Å². The van der Waals surface area contributed by atoms with E-state index in [9.17, 15) is 13.2 Å². The van der Waals surface area contributed by atoms with Crippen LogP contribution in [-0.2, 0) is 14.6 Å². The number of guanidine groups is 1. The monoisotopic (exact) mass is 494 g/mol. The third-order valence-corrected chi connectivity index (χ3v) is 6.01. The molecule has 3 N–H and O–H groups in total. The van der Waals surface area contributed by atoms with Crippen LogP contribution in [0.4, 0.5) is 0 Å². The van der Waals surface area contributed by atoms with Crippen molar-refractivity contribution in [2.24, 2.45) is 16.6 Å². The number of piperidine rings is 1. The molecule has 7 nitrogen and oxygen atoms in total. The van der Waals surface area contributed by atoms with Gasteiger partial charge in [-0.1, -0.05) is 18.2 Å². The van der Waals surface area contributed by atoms with Crippen molar-refractivity contribution in [1.29, 1.82) is 0 Å². The summed E-state index contributed by atoms with van der Waals surface area (Å²) in [5.74, 6) is 0.591. The average Bonchev–Trinajstić information content (AvgIpc) is 2.59. The number of carbonyl (C=O) groups is 1. The first-order chi connectivity index (χ1) is 11.9. The standard InChI is InChI=1S/C17H26N4O3S.HI/c1-19-17(21-10-5-6-14(13-21)12-16(18)22)20-9-11-25(23,24)15-7-3-2-4-8-15;/h2-4,7-8,14H,5-6,9-13H2,1H3,(H2,18,22)(H,19,20);1H. The molecule has 0 bridgehead atoms. The fourth-order valence-electron chi connectivity index (χ4n) is 3.08. The van der Waals surface area contributed by atoms with E-state index < -0.39 is 9.84 Å². The van der Waals surface area contributed by atoms with Gasteiger partial charge in [0.25, 0.3) is 0 Å². The molecule has 1 amide bonds. The predicted octanol–water partition coefficient (Wildman–Crippen LogP) is 1.24. The quantitative estimate of drug-likeness (QED) is 0.352. The molecule has 1 fully saturated rings. The van der Waals surface area contributed by atoms with E-state index in [2.05, 4.69) is 15.2 Å². The maximum absolute atomic E-state index is 12.3. The Hall–Kier alpha value is -1.36. The number of benzene rings is 1. The summed E-state index contributed by atoms with van der Waals surface area (Å²) >= 11 is 0. The molecular weight excluding hydrogens is 467 g/mol. The summed E-state index contributed by atoms with van der Waals surface area (Å²) in [6.07, 6.45) is 2.30. The highest BCUT2D eigenvalue weighted by atomic mass is 127. The van der Waals surface area contributed by atoms with Crippen molar-refractivity contribution in [2.75, 3.05) is 32.4 Å². The van der Waals surface area contributed by atoms with Crippen molar-refractivity contribution in [3.63, 3.8) is 0 Å². The molecule has 0 aromatic heterocycles.